The molecule has 3 aliphatic rings. The Morgan fingerprint density at radius 3 is 2.79 bits per heavy atom. The zero-order chi connectivity index (χ0) is 27.0. The summed E-state index contributed by atoms with van der Waals surface area (Å²) in [6.45, 7) is 6.32. The van der Waals surface area contributed by atoms with Crippen LogP contribution in [-0.2, 0) is 27.1 Å². The number of aromatic nitrogens is 5. The lowest BCUT2D eigenvalue weighted by Crippen LogP contribution is -2.45. The summed E-state index contributed by atoms with van der Waals surface area (Å²) in [4.78, 5) is 19.6. The molecule has 1 fully saturated rings. The van der Waals surface area contributed by atoms with Crippen LogP contribution in [0.15, 0.2) is 54.7 Å². The third kappa shape index (κ3) is 5.06. The number of nitrogens with zero attached hydrogens (tertiary/aromatic N) is 6. The Balaban J connectivity index is 1.49. The number of benzene rings is 1. The van der Waals surface area contributed by atoms with Crippen molar-refractivity contribution in [2.45, 2.75) is 51.6 Å². The number of ether oxygens (including phenoxy) is 2. The van der Waals surface area contributed by atoms with Crippen molar-refractivity contribution < 1.29 is 14.3 Å². The van der Waals surface area contributed by atoms with Crippen molar-refractivity contribution in [1.82, 2.24) is 24.4 Å². The number of aryl methyl sites for hydroxylation is 2. The Morgan fingerprint density at radius 1 is 1.13 bits per heavy atom. The number of esters is 1. The number of hydrogen-bond acceptors (Lipinski definition) is 7. The number of methoxy groups -OCH3 is 1. The summed E-state index contributed by atoms with van der Waals surface area (Å²) >= 11 is 0. The van der Waals surface area contributed by atoms with Gasteiger partial charge < -0.3 is 14.4 Å². The minimum Gasteiger partial charge on any atom is -0.469 e. The summed E-state index contributed by atoms with van der Waals surface area (Å²) < 4.78 is 15.2. The quantitative estimate of drug-likeness (QED) is 0.281. The van der Waals surface area contributed by atoms with Crippen molar-refractivity contribution in [3.05, 3.63) is 71.7 Å². The molecule has 0 radical (unpaired) electrons. The van der Waals surface area contributed by atoms with Crippen molar-refractivity contribution in [3.63, 3.8) is 0 Å². The summed E-state index contributed by atoms with van der Waals surface area (Å²) in [6, 6.07) is 12.3. The van der Waals surface area contributed by atoms with Crippen LogP contribution in [0.5, 0.6) is 0 Å². The van der Waals surface area contributed by atoms with E-state index >= 15 is 0 Å². The number of anilines is 1. The van der Waals surface area contributed by atoms with Crippen molar-refractivity contribution in [3.8, 4) is 16.9 Å². The van der Waals surface area contributed by atoms with E-state index in [9.17, 15) is 4.79 Å². The lowest BCUT2D eigenvalue weighted by atomic mass is 9.93. The molecule has 9 heteroatoms. The molecule has 9 nitrogen and oxygen atoms in total. The Labute approximate surface area is 228 Å². The number of allylic oxidation sites excluding steroid dienone is 1. The van der Waals surface area contributed by atoms with Crippen LogP contribution in [0.3, 0.4) is 0 Å². The predicted octanol–water partition coefficient (Wildman–Crippen LogP) is 4.48. The van der Waals surface area contributed by atoms with Gasteiger partial charge in [0.25, 0.3) is 0 Å². The van der Waals surface area contributed by atoms with Crippen LogP contribution in [0.2, 0.25) is 0 Å². The second-order valence-corrected chi connectivity index (χ2v) is 10.6. The van der Waals surface area contributed by atoms with Crippen LogP contribution in [0, 0.1) is 6.92 Å². The lowest BCUT2D eigenvalue weighted by Gasteiger charge is -2.40. The average Bonchev–Trinajstić information content (AvgIpc) is 3.59. The van der Waals surface area contributed by atoms with Crippen LogP contribution in [-0.4, -0.2) is 62.8 Å². The molecule has 6 heterocycles. The third-order valence-electron chi connectivity index (χ3n) is 7.86. The van der Waals surface area contributed by atoms with Crippen molar-refractivity contribution in [1.29, 1.82) is 0 Å². The number of hydrogen-bond donors (Lipinski definition) is 0. The van der Waals surface area contributed by atoms with Gasteiger partial charge in [-0.2, -0.15) is 14.7 Å². The third-order valence-corrected chi connectivity index (χ3v) is 7.86. The molecule has 0 N–H and O–H groups in total. The molecule has 4 aromatic rings. The first-order chi connectivity index (χ1) is 18.9. The molecule has 3 aliphatic heterocycles. The number of carbonyl (C=O) groups excluding carboxylic acids is 1. The van der Waals surface area contributed by atoms with E-state index in [1.165, 1.54) is 7.11 Å². The number of rotatable bonds is 2. The maximum atomic E-state index is 12.4. The van der Waals surface area contributed by atoms with Gasteiger partial charge in [-0.1, -0.05) is 24.3 Å². The van der Waals surface area contributed by atoms with Crippen LogP contribution in [0.1, 0.15) is 43.1 Å². The minimum atomic E-state index is -0.294. The maximum Gasteiger partial charge on any atom is 0.310 e. The van der Waals surface area contributed by atoms with Gasteiger partial charge in [-0.25, -0.2) is 9.67 Å². The molecule has 0 saturated carbocycles. The highest BCUT2D eigenvalue weighted by molar-refractivity contribution is 5.76. The van der Waals surface area contributed by atoms with Crippen molar-refractivity contribution in [2.75, 3.05) is 31.7 Å². The fourth-order valence-corrected chi connectivity index (χ4v) is 5.47. The van der Waals surface area contributed by atoms with Crippen molar-refractivity contribution in [2.24, 2.45) is 0 Å². The molecule has 39 heavy (non-hydrogen) atoms. The summed E-state index contributed by atoms with van der Waals surface area (Å²) in [5, 5.41) is 9.83. The predicted molar refractivity (Wildman–Crippen MR) is 149 cm³/mol. The van der Waals surface area contributed by atoms with Gasteiger partial charge in [0.2, 0.25) is 0 Å². The molecule has 0 spiro atoms. The van der Waals surface area contributed by atoms with Gasteiger partial charge >= 0.3 is 5.97 Å². The van der Waals surface area contributed by atoms with E-state index in [2.05, 4.69) is 42.2 Å². The second kappa shape index (κ2) is 10.3. The molecular formula is C30H34N6O3. The average molecular weight is 527 g/mol. The fourth-order valence-electron chi connectivity index (χ4n) is 5.47. The summed E-state index contributed by atoms with van der Waals surface area (Å²) in [6.07, 6.45) is 9.98. The van der Waals surface area contributed by atoms with Crippen LogP contribution < -0.4 is 4.90 Å². The molecule has 1 saturated heterocycles. The maximum absolute atomic E-state index is 12.4. The summed E-state index contributed by atoms with van der Waals surface area (Å²) in [7, 11) is 1.42. The second-order valence-electron chi connectivity index (χ2n) is 10.6. The van der Waals surface area contributed by atoms with Crippen LogP contribution in [0.25, 0.3) is 22.6 Å². The highest BCUT2D eigenvalue weighted by Crippen LogP contribution is 2.34. The Morgan fingerprint density at radius 2 is 1.97 bits per heavy atom. The van der Waals surface area contributed by atoms with Crippen LogP contribution >= 0.6 is 0 Å². The molecular weight excluding hydrogens is 492 g/mol. The van der Waals surface area contributed by atoms with E-state index in [-0.39, 0.29) is 18.0 Å². The van der Waals surface area contributed by atoms with E-state index in [0.29, 0.717) is 6.61 Å². The van der Waals surface area contributed by atoms with Gasteiger partial charge in [0.05, 0.1) is 42.8 Å². The normalized spacial score (nSPS) is 17.9. The number of carbonyl (C=O) groups is 1. The van der Waals surface area contributed by atoms with Gasteiger partial charge in [0.15, 0.2) is 5.65 Å². The Kier molecular flexibility index (Phi) is 6.68. The lowest BCUT2D eigenvalue weighted by molar-refractivity contribution is -0.139. The topological polar surface area (TPSA) is 86.8 Å². The standard InChI is InChI=1S/C30H34N6O3/c1-21-25(19-28(37)38-3)29-34-15-12-30(2,13-16-34)39-17-6-4-5-9-23-11-14-35(32-23)24-10-7-8-22(18-24)26-20-27(31-21)36(29)33-26/h4,6-8,10-11,14,18,20H,5,9,12-13,15-17,19H2,1-3H3/b6-4+. The first-order valence-electron chi connectivity index (χ1n) is 13.6. The molecule has 0 atom stereocenters. The summed E-state index contributed by atoms with van der Waals surface area (Å²) in [5.41, 5.74) is 6.01. The van der Waals surface area contributed by atoms with E-state index in [0.717, 1.165) is 84.1 Å². The monoisotopic (exact) mass is 526 g/mol. The van der Waals surface area contributed by atoms with Gasteiger partial charge in [0.1, 0.15) is 5.82 Å². The van der Waals surface area contributed by atoms with Crippen molar-refractivity contribution >= 4 is 17.4 Å². The van der Waals surface area contributed by atoms with Gasteiger partial charge in [-0.3, -0.25) is 4.79 Å². The zero-order valence-electron chi connectivity index (χ0n) is 22.8. The minimum absolute atomic E-state index is 0.141. The highest BCUT2D eigenvalue weighted by Gasteiger charge is 2.33. The van der Waals surface area contributed by atoms with Gasteiger partial charge in [0, 0.05) is 42.2 Å². The molecule has 0 aliphatic carbocycles. The molecule has 1 aromatic carbocycles. The van der Waals surface area contributed by atoms with Gasteiger partial charge in [-0.15, -0.1) is 0 Å². The number of piperidine rings is 1. The first-order valence-corrected chi connectivity index (χ1v) is 13.6. The fraction of sp³-hybridized carbons (Fsp3) is 0.400. The Hall–Kier alpha value is -3.98. The molecule has 0 unspecified atom stereocenters. The highest BCUT2D eigenvalue weighted by atomic mass is 16.5. The van der Waals surface area contributed by atoms with Gasteiger partial charge in [-0.05, 0) is 57.7 Å². The molecule has 8 bridgehead atoms. The van der Waals surface area contributed by atoms with E-state index in [4.69, 9.17) is 24.7 Å². The van der Waals surface area contributed by atoms with Crippen LogP contribution in [0.4, 0.5) is 5.82 Å². The largest absolute Gasteiger partial charge is 0.469 e. The number of fused-ring (bicyclic) bond motifs is 6. The molecule has 0 amide bonds. The smallest absolute Gasteiger partial charge is 0.310 e. The first kappa shape index (κ1) is 25.3. The Bertz CT molecular complexity index is 1540. The summed E-state index contributed by atoms with van der Waals surface area (Å²) in [5.74, 6) is 0.607. The van der Waals surface area contributed by atoms with E-state index in [1.807, 2.05) is 40.5 Å². The molecule has 202 valence electrons. The molecule has 3 aromatic heterocycles. The van der Waals surface area contributed by atoms with E-state index in [1.54, 1.807) is 0 Å². The zero-order valence-corrected chi connectivity index (χ0v) is 22.8. The molecule has 7 rings (SSSR count). The SMILES string of the molecule is COC(=O)Cc1c(C)nc2cc3nn2c1N1CCC(C)(CC1)OC/C=C/CCc1ccn(n1)-c1cccc-3c1. The van der Waals surface area contributed by atoms with E-state index < -0.39 is 0 Å².